The van der Waals surface area contributed by atoms with E-state index in [0.717, 1.165) is 0 Å². The van der Waals surface area contributed by atoms with Crippen molar-refractivity contribution in [2.75, 3.05) is 18.5 Å². The Morgan fingerprint density at radius 3 is 2.56 bits per heavy atom. The number of nitrogens with one attached hydrogen (secondary N) is 2. The second-order valence-corrected chi connectivity index (χ2v) is 9.29. The molecular weight excluding hydrogens is 480 g/mol. The molecule has 0 aliphatic carbocycles. The highest BCUT2D eigenvalue weighted by atomic mass is 35.5. The quantitative estimate of drug-likeness (QED) is 0.338. The van der Waals surface area contributed by atoms with Crippen molar-refractivity contribution in [3.63, 3.8) is 0 Å². The molecule has 2 N–H and O–H groups in total. The van der Waals surface area contributed by atoms with E-state index in [9.17, 15) is 13.2 Å². The Morgan fingerprint density at radius 2 is 1.82 bits per heavy atom. The van der Waals surface area contributed by atoms with Crippen LogP contribution in [0.1, 0.15) is 13.3 Å². The van der Waals surface area contributed by atoms with Crippen LogP contribution < -0.4 is 14.8 Å². The van der Waals surface area contributed by atoms with Crippen LogP contribution in [0.3, 0.4) is 0 Å². The Balaban J connectivity index is 1.38. The summed E-state index contributed by atoms with van der Waals surface area (Å²) in [5, 5.41) is 15.8. The molecule has 176 valence electrons. The molecule has 2 aromatic carbocycles. The molecule has 0 aliphatic heterocycles. The van der Waals surface area contributed by atoms with Gasteiger partial charge < -0.3 is 10.1 Å². The summed E-state index contributed by atoms with van der Waals surface area (Å²) in [6.07, 6.45) is 0.335. The largest absolute Gasteiger partial charge is 0.475 e. The van der Waals surface area contributed by atoms with Gasteiger partial charge in [-0.25, -0.2) is 13.1 Å². The SMILES string of the molecule is CCC(=O)Nc1ccc(S(=O)(=O)NCCOc2ccc3nnc(-c4ccccc4Cl)n3n2)cc1. The summed E-state index contributed by atoms with van der Waals surface area (Å²) in [5.41, 5.74) is 1.72. The standard InChI is InChI=1S/C22H21ClN6O4S/c1-2-20(30)25-15-7-9-16(10-8-15)34(31,32)24-13-14-33-21-12-11-19-26-27-22(29(19)28-21)17-5-3-4-6-18(17)23/h3-12,24H,2,13-14H2,1H3,(H,25,30). The molecule has 0 atom stereocenters. The Kier molecular flexibility index (Phi) is 7.06. The Hall–Kier alpha value is -3.54. The van der Waals surface area contributed by atoms with Crippen LogP contribution in [-0.4, -0.2) is 47.3 Å². The third kappa shape index (κ3) is 5.33. The molecule has 2 aromatic heterocycles. The van der Waals surface area contributed by atoms with Crippen molar-refractivity contribution < 1.29 is 17.9 Å². The molecule has 0 saturated carbocycles. The van der Waals surface area contributed by atoms with E-state index in [-0.39, 0.29) is 29.8 Å². The maximum Gasteiger partial charge on any atom is 0.240 e. The van der Waals surface area contributed by atoms with Crippen molar-refractivity contribution in [2.45, 2.75) is 18.2 Å². The van der Waals surface area contributed by atoms with E-state index in [4.69, 9.17) is 16.3 Å². The first-order valence-electron chi connectivity index (χ1n) is 10.4. The summed E-state index contributed by atoms with van der Waals surface area (Å²) in [6.45, 7) is 1.81. The van der Waals surface area contributed by atoms with Crippen molar-refractivity contribution in [1.82, 2.24) is 24.5 Å². The lowest BCUT2D eigenvalue weighted by atomic mass is 10.2. The predicted octanol–water partition coefficient (Wildman–Crippen LogP) is 3.15. The van der Waals surface area contributed by atoms with E-state index >= 15 is 0 Å². The molecule has 0 radical (unpaired) electrons. The van der Waals surface area contributed by atoms with Crippen LogP contribution in [0.15, 0.2) is 65.6 Å². The topological polar surface area (TPSA) is 128 Å². The summed E-state index contributed by atoms with van der Waals surface area (Å²) < 4.78 is 34.6. The number of anilines is 1. The van der Waals surface area contributed by atoms with Gasteiger partial charge in [-0.1, -0.05) is 30.7 Å². The fourth-order valence-electron chi connectivity index (χ4n) is 3.04. The smallest absolute Gasteiger partial charge is 0.240 e. The Bertz CT molecular complexity index is 1420. The van der Waals surface area contributed by atoms with E-state index in [1.165, 1.54) is 28.8 Å². The first-order valence-corrected chi connectivity index (χ1v) is 12.2. The number of carbonyl (C=O) groups is 1. The van der Waals surface area contributed by atoms with Gasteiger partial charge in [0.15, 0.2) is 11.5 Å². The number of fused-ring (bicyclic) bond motifs is 1. The number of halogens is 1. The van der Waals surface area contributed by atoms with E-state index in [1.807, 2.05) is 18.2 Å². The number of carbonyl (C=O) groups excluding carboxylic acids is 1. The molecule has 0 bridgehead atoms. The van der Waals surface area contributed by atoms with E-state index < -0.39 is 10.0 Å². The zero-order valence-electron chi connectivity index (χ0n) is 18.1. The van der Waals surface area contributed by atoms with Crippen LogP contribution >= 0.6 is 11.6 Å². The van der Waals surface area contributed by atoms with E-state index in [2.05, 4.69) is 25.3 Å². The van der Waals surface area contributed by atoms with Gasteiger partial charge in [-0.3, -0.25) is 4.79 Å². The maximum atomic E-state index is 12.5. The molecule has 34 heavy (non-hydrogen) atoms. The minimum Gasteiger partial charge on any atom is -0.475 e. The molecule has 0 saturated heterocycles. The van der Waals surface area contributed by atoms with Crippen molar-refractivity contribution in [3.05, 3.63) is 65.7 Å². The van der Waals surface area contributed by atoms with Crippen LogP contribution in [0.25, 0.3) is 17.0 Å². The predicted molar refractivity (Wildman–Crippen MR) is 127 cm³/mol. The molecule has 0 aliphatic rings. The van der Waals surface area contributed by atoms with Gasteiger partial charge in [-0.15, -0.1) is 15.3 Å². The van der Waals surface area contributed by atoms with Crippen LogP contribution in [0, 0.1) is 0 Å². The molecule has 0 spiro atoms. The van der Waals surface area contributed by atoms with Crippen molar-refractivity contribution in [2.24, 2.45) is 0 Å². The lowest BCUT2D eigenvalue weighted by Crippen LogP contribution is -2.28. The van der Waals surface area contributed by atoms with Gasteiger partial charge in [-0.2, -0.15) is 4.52 Å². The molecule has 0 fully saturated rings. The third-order valence-corrected chi connectivity index (χ3v) is 6.57. The minimum atomic E-state index is -3.74. The van der Waals surface area contributed by atoms with Gasteiger partial charge in [-0.05, 0) is 42.5 Å². The van der Waals surface area contributed by atoms with Gasteiger partial charge in [0.1, 0.15) is 6.61 Å². The van der Waals surface area contributed by atoms with Gasteiger partial charge in [0.25, 0.3) is 0 Å². The number of sulfonamides is 1. The summed E-state index contributed by atoms with van der Waals surface area (Å²) in [4.78, 5) is 11.5. The second-order valence-electron chi connectivity index (χ2n) is 7.12. The second kappa shape index (κ2) is 10.2. The molecule has 12 heteroatoms. The number of rotatable bonds is 9. The molecular formula is C22H21ClN6O4S. The summed E-state index contributed by atoms with van der Waals surface area (Å²) in [6, 6.07) is 16.4. The van der Waals surface area contributed by atoms with Crippen LogP contribution in [0.5, 0.6) is 5.88 Å². The zero-order chi connectivity index (χ0) is 24.1. The third-order valence-electron chi connectivity index (χ3n) is 4.77. The van der Waals surface area contributed by atoms with Gasteiger partial charge in [0, 0.05) is 30.3 Å². The first-order chi connectivity index (χ1) is 16.4. The Morgan fingerprint density at radius 1 is 1.06 bits per heavy atom. The highest BCUT2D eigenvalue weighted by Gasteiger charge is 2.15. The average Bonchev–Trinajstić information content (AvgIpc) is 3.25. The maximum absolute atomic E-state index is 12.5. The number of amides is 1. The van der Waals surface area contributed by atoms with Gasteiger partial charge in [0.05, 0.1) is 9.92 Å². The van der Waals surface area contributed by atoms with E-state index in [1.54, 1.807) is 25.1 Å². The van der Waals surface area contributed by atoms with Gasteiger partial charge in [0.2, 0.25) is 21.8 Å². The van der Waals surface area contributed by atoms with Crippen molar-refractivity contribution in [3.8, 4) is 17.3 Å². The summed E-state index contributed by atoms with van der Waals surface area (Å²) in [7, 11) is -3.74. The normalized spacial score (nSPS) is 11.5. The van der Waals surface area contributed by atoms with Crippen LogP contribution in [0.4, 0.5) is 5.69 Å². The van der Waals surface area contributed by atoms with E-state index in [0.29, 0.717) is 34.2 Å². The zero-order valence-corrected chi connectivity index (χ0v) is 19.7. The summed E-state index contributed by atoms with van der Waals surface area (Å²) in [5.74, 6) is 0.587. The molecule has 4 rings (SSSR count). The average molecular weight is 501 g/mol. The minimum absolute atomic E-state index is 0.0237. The molecule has 1 amide bonds. The fraction of sp³-hybridized carbons (Fsp3) is 0.182. The Labute approximate surface area is 201 Å². The lowest BCUT2D eigenvalue weighted by Gasteiger charge is -2.09. The van der Waals surface area contributed by atoms with Crippen LogP contribution in [0.2, 0.25) is 5.02 Å². The molecule has 10 nitrogen and oxygen atoms in total. The monoisotopic (exact) mass is 500 g/mol. The lowest BCUT2D eigenvalue weighted by molar-refractivity contribution is -0.115. The number of hydrogen-bond donors (Lipinski definition) is 2. The highest BCUT2D eigenvalue weighted by Crippen LogP contribution is 2.26. The molecule has 2 heterocycles. The number of aromatic nitrogens is 4. The number of ether oxygens (including phenoxy) is 1. The van der Waals surface area contributed by atoms with Gasteiger partial charge >= 0.3 is 0 Å². The molecule has 0 unspecified atom stereocenters. The fourth-order valence-corrected chi connectivity index (χ4v) is 4.27. The van der Waals surface area contributed by atoms with Crippen LogP contribution in [-0.2, 0) is 14.8 Å². The summed E-state index contributed by atoms with van der Waals surface area (Å²) >= 11 is 6.27. The number of nitrogens with zero attached hydrogens (tertiary/aromatic N) is 4. The first kappa shape index (κ1) is 23.6. The van der Waals surface area contributed by atoms with Crippen molar-refractivity contribution >= 4 is 38.9 Å². The van der Waals surface area contributed by atoms with Crippen molar-refractivity contribution in [1.29, 1.82) is 0 Å². The highest BCUT2D eigenvalue weighted by molar-refractivity contribution is 7.89. The number of benzene rings is 2. The molecule has 4 aromatic rings. The number of hydrogen-bond acceptors (Lipinski definition) is 7.